The molecule has 0 amide bonds. The maximum atomic E-state index is 5.35. The molecule has 0 atom stereocenters. The average Bonchev–Trinajstić information content (AvgIpc) is 2.32. The summed E-state index contributed by atoms with van der Waals surface area (Å²) in [7, 11) is 0. The Hall–Kier alpha value is -2.02. The smallest absolute Gasteiger partial charge is 0.240 e. The summed E-state index contributed by atoms with van der Waals surface area (Å²) in [5, 5.41) is 15.4. The fourth-order valence-corrected chi connectivity index (χ4v) is 0.983. The van der Waals surface area contributed by atoms with Crippen molar-refractivity contribution in [1.82, 2.24) is 30.4 Å². The number of nitrogens with zero attached hydrogens (tertiary/aromatic N) is 6. The lowest BCUT2D eigenvalue weighted by Crippen LogP contribution is -2.09. The van der Waals surface area contributed by atoms with Crippen LogP contribution in [0.4, 0.5) is 0 Å². The van der Waals surface area contributed by atoms with Crippen molar-refractivity contribution >= 4 is 0 Å². The molecule has 0 saturated heterocycles. The van der Waals surface area contributed by atoms with Gasteiger partial charge < -0.3 is 5.73 Å². The molecular weight excluding hydrogens is 194 g/mol. The highest BCUT2D eigenvalue weighted by molar-refractivity contribution is 5.39. The lowest BCUT2D eigenvalue weighted by atomic mass is 10.4. The SMILES string of the molecule is NCCc1nnc(-c2ncccn2)nn1. The number of nitrogens with two attached hydrogens (primary N) is 1. The Balaban J connectivity index is 2.24. The third-order valence-electron chi connectivity index (χ3n) is 1.65. The van der Waals surface area contributed by atoms with E-state index in [1.54, 1.807) is 18.5 Å². The summed E-state index contributed by atoms with van der Waals surface area (Å²) in [6.45, 7) is 0.477. The highest BCUT2D eigenvalue weighted by Gasteiger charge is 2.05. The predicted octanol–water partition coefficient (Wildman–Crippen LogP) is -0.775. The van der Waals surface area contributed by atoms with Crippen LogP contribution < -0.4 is 5.73 Å². The quantitative estimate of drug-likeness (QED) is 0.698. The molecule has 0 unspecified atom stereocenters. The second kappa shape index (κ2) is 4.47. The number of aromatic nitrogens is 6. The molecule has 0 aliphatic rings. The largest absolute Gasteiger partial charge is 0.330 e. The summed E-state index contributed by atoms with van der Waals surface area (Å²) in [4.78, 5) is 7.97. The van der Waals surface area contributed by atoms with E-state index in [9.17, 15) is 0 Å². The Kier molecular flexibility index (Phi) is 2.84. The first kappa shape index (κ1) is 9.53. The van der Waals surface area contributed by atoms with E-state index in [1.165, 1.54) is 0 Å². The van der Waals surface area contributed by atoms with Gasteiger partial charge in [-0.15, -0.1) is 20.4 Å². The van der Waals surface area contributed by atoms with Gasteiger partial charge in [0.15, 0.2) is 5.82 Å². The van der Waals surface area contributed by atoms with Gasteiger partial charge in [-0.25, -0.2) is 9.97 Å². The number of rotatable bonds is 3. The van der Waals surface area contributed by atoms with Crippen molar-refractivity contribution in [3.8, 4) is 11.6 Å². The molecule has 2 aromatic heterocycles. The molecule has 7 heteroatoms. The fraction of sp³-hybridized carbons (Fsp3) is 0.250. The summed E-state index contributed by atoms with van der Waals surface area (Å²) in [6, 6.07) is 1.72. The van der Waals surface area contributed by atoms with Crippen LogP contribution in [0.1, 0.15) is 5.82 Å². The first-order valence-corrected chi connectivity index (χ1v) is 4.44. The van der Waals surface area contributed by atoms with Crippen molar-refractivity contribution < 1.29 is 0 Å². The minimum absolute atomic E-state index is 0.316. The lowest BCUT2D eigenvalue weighted by molar-refractivity contribution is 0.747. The normalized spacial score (nSPS) is 10.2. The van der Waals surface area contributed by atoms with Gasteiger partial charge in [0, 0.05) is 18.8 Å². The van der Waals surface area contributed by atoms with Crippen LogP contribution in [-0.4, -0.2) is 36.9 Å². The van der Waals surface area contributed by atoms with Crippen molar-refractivity contribution in [3.63, 3.8) is 0 Å². The second-order valence-electron chi connectivity index (χ2n) is 2.75. The Labute approximate surface area is 85.8 Å². The van der Waals surface area contributed by atoms with Crippen LogP contribution in [0, 0.1) is 0 Å². The Morgan fingerprint density at radius 3 is 2.20 bits per heavy atom. The molecule has 0 aromatic carbocycles. The zero-order valence-corrected chi connectivity index (χ0v) is 7.91. The van der Waals surface area contributed by atoms with Gasteiger partial charge in [-0.05, 0) is 12.6 Å². The molecule has 2 aromatic rings. The van der Waals surface area contributed by atoms with Crippen LogP contribution in [0.3, 0.4) is 0 Å². The molecule has 15 heavy (non-hydrogen) atoms. The zero-order valence-electron chi connectivity index (χ0n) is 7.91. The number of hydrogen-bond donors (Lipinski definition) is 1. The minimum atomic E-state index is 0.316. The first-order chi connectivity index (χ1) is 7.40. The molecule has 2 heterocycles. The molecular formula is C8H9N7. The summed E-state index contributed by atoms with van der Waals surface area (Å²) in [5.41, 5.74) is 5.35. The Bertz CT molecular complexity index is 413. The van der Waals surface area contributed by atoms with Gasteiger partial charge in [0.25, 0.3) is 0 Å². The van der Waals surface area contributed by atoms with Crippen molar-refractivity contribution in [2.45, 2.75) is 6.42 Å². The molecule has 0 radical (unpaired) electrons. The van der Waals surface area contributed by atoms with Crippen LogP contribution in [0.25, 0.3) is 11.6 Å². The molecule has 7 nitrogen and oxygen atoms in total. The summed E-state index contributed by atoms with van der Waals surface area (Å²) >= 11 is 0. The van der Waals surface area contributed by atoms with Gasteiger partial charge in [0.2, 0.25) is 11.6 Å². The molecule has 76 valence electrons. The molecule has 2 N–H and O–H groups in total. The summed E-state index contributed by atoms with van der Waals surface area (Å²) in [5.74, 6) is 1.25. The predicted molar refractivity (Wildman–Crippen MR) is 51.4 cm³/mol. The highest BCUT2D eigenvalue weighted by atomic mass is 15.3. The summed E-state index contributed by atoms with van der Waals surface area (Å²) in [6.07, 6.45) is 3.79. The van der Waals surface area contributed by atoms with Crippen molar-refractivity contribution in [2.24, 2.45) is 5.73 Å². The minimum Gasteiger partial charge on any atom is -0.330 e. The van der Waals surface area contributed by atoms with Gasteiger partial charge in [-0.3, -0.25) is 0 Å². The van der Waals surface area contributed by atoms with Gasteiger partial charge in [0.05, 0.1) is 0 Å². The Morgan fingerprint density at radius 2 is 1.60 bits per heavy atom. The van der Waals surface area contributed by atoms with Crippen LogP contribution >= 0.6 is 0 Å². The van der Waals surface area contributed by atoms with Crippen LogP contribution in [0.15, 0.2) is 18.5 Å². The molecule has 0 aliphatic heterocycles. The number of hydrogen-bond acceptors (Lipinski definition) is 7. The zero-order chi connectivity index (χ0) is 10.5. The fourth-order valence-electron chi connectivity index (χ4n) is 0.983. The third-order valence-corrected chi connectivity index (χ3v) is 1.65. The van der Waals surface area contributed by atoms with E-state index in [1.807, 2.05) is 0 Å². The molecule has 2 rings (SSSR count). The Morgan fingerprint density at radius 1 is 0.933 bits per heavy atom. The first-order valence-electron chi connectivity index (χ1n) is 4.44. The van der Waals surface area contributed by atoms with Crippen molar-refractivity contribution in [2.75, 3.05) is 6.54 Å². The van der Waals surface area contributed by atoms with Crippen LogP contribution in [0.5, 0.6) is 0 Å². The average molecular weight is 203 g/mol. The second-order valence-corrected chi connectivity index (χ2v) is 2.75. The molecule has 0 saturated carbocycles. The van der Waals surface area contributed by atoms with Gasteiger partial charge in [0.1, 0.15) is 0 Å². The maximum Gasteiger partial charge on any atom is 0.240 e. The van der Waals surface area contributed by atoms with Gasteiger partial charge in [-0.2, -0.15) is 0 Å². The van der Waals surface area contributed by atoms with Crippen LogP contribution in [0.2, 0.25) is 0 Å². The van der Waals surface area contributed by atoms with E-state index in [-0.39, 0.29) is 0 Å². The lowest BCUT2D eigenvalue weighted by Gasteiger charge is -1.96. The van der Waals surface area contributed by atoms with E-state index in [4.69, 9.17) is 5.73 Å². The van der Waals surface area contributed by atoms with E-state index < -0.39 is 0 Å². The standard InChI is InChI=1S/C8H9N7/c9-3-2-6-12-14-8(15-13-6)7-10-4-1-5-11-7/h1,4-5H,2-3,9H2. The van der Waals surface area contributed by atoms with Gasteiger partial charge in [-0.1, -0.05) is 0 Å². The summed E-state index contributed by atoms with van der Waals surface area (Å²) < 4.78 is 0. The van der Waals surface area contributed by atoms with E-state index in [0.717, 1.165) is 0 Å². The van der Waals surface area contributed by atoms with Crippen LogP contribution in [-0.2, 0) is 6.42 Å². The topological polar surface area (TPSA) is 103 Å². The van der Waals surface area contributed by atoms with E-state index in [0.29, 0.717) is 30.4 Å². The van der Waals surface area contributed by atoms with Crippen molar-refractivity contribution in [1.29, 1.82) is 0 Å². The monoisotopic (exact) mass is 203 g/mol. The van der Waals surface area contributed by atoms with E-state index >= 15 is 0 Å². The molecule has 0 aliphatic carbocycles. The molecule has 0 bridgehead atoms. The maximum absolute atomic E-state index is 5.35. The van der Waals surface area contributed by atoms with E-state index in [2.05, 4.69) is 30.4 Å². The molecule has 0 fully saturated rings. The van der Waals surface area contributed by atoms with Gasteiger partial charge >= 0.3 is 0 Å². The third kappa shape index (κ3) is 2.26. The molecule has 0 spiro atoms. The van der Waals surface area contributed by atoms with Crippen molar-refractivity contribution in [3.05, 3.63) is 24.3 Å². The highest BCUT2D eigenvalue weighted by Crippen LogP contribution is 2.03.